The van der Waals surface area contributed by atoms with Gasteiger partial charge in [0.2, 0.25) is 11.0 Å². The van der Waals surface area contributed by atoms with Crippen molar-refractivity contribution in [2.45, 2.75) is 38.0 Å². The number of hydrogen-bond donors (Lipinski definition) is 0. The summed E-state index contributed by atoms with van der Waals surface area (Å²) in [6.07, 6.45) is 3.18. The fourth-order valence-corrected chi connectivity index (χ4v) is 6.42. The molecule has 0 unspecified atom stereocenters. The molecule has 6 nitrogen and oxygen atoms in total. The third kappa shape index (κ3) is 4.72. The zero-order valence-corrected chi connectivity index (χ0v) is 24.1. The molecule has 5 aromatic rings. The maximum Gasteiger partial charge on any atom is 0.217 e. The van der Waals surface area contributed by atoms with Gasteiger partial charge < -0.3 is 23.7 Å². The summed E-state index contributed by atoms with van der Waals surface area (Å²) in [4.78, 5) is 0. The fraction of sp³-hybridized carbons (Fsp3) is 0.286. The second-order valence-electron chi connectivity index (χ2n) is 10.3. The van der Waals surface area contributed by atoms with Crippen LogP contribution in [-0.2, 0) is 11.3 Å². The van der Waals surface area contributed by atoms with Gasteiger partial charge in [0.05, 0.1) is 51.4 Å². The van der Waals surface area contributed by atoms with Gasteiger partial charge in [-0.05, 0) is 42.7 Å². The number of pyridine rings is 1. The van der Waals surface area contributed by atoms with Crippen molar-refractivity contribution >= 4 is 21.8 Å². The SMILES string of the molecule is COc1cccc(OC)c1-c1c2c(OC)cccc2[n+]([C@H]2CCC[C@@H]2OCc2ccccc2)c2cccc(OC)c12. The first-order valence-corrected chi connectivity index (χ1v) is 14.1. The highest BCUT2D eigenvalue weighted by Crippen LogP contribution is 2.49. The summed E-state index contributed by atoms with van der Waals surface area (Å²) in [5.41, 5.74) is 5.12. The van der Waals surface area contributed by atoms with Crippen LogP contribution in [0.1, 0.15) is 30.9 Å². The zero-order valence-electron chi connectivity index (χ0n) is 24.1. The van der Waals surface area contributed by atoms with Crippen LogP contribution >= 0.6 is 0 Å². The zero-order chi connectivity index (χ0) is 28.3. The van der Waals surface area contributed by atoms with Crippen molar-refractivity contribution in [2.75, 3.05) is 28.4 Å². The van der Waals surface area contributed by atoms with E-state index in [1.165, 1.54) is 5.56 Å². The van der Waals surface area contributed by atoms with E-state index in [9.17, 15) is 0 Å². The lowest BCUT2D eigenvalue weighted by Crippen LogP contribution is -2.45. The molecule has 0 aliphatic heterocycles. The number of benzene rings is 4. The smallest absolute Gasteiger partial charge is 0.217 e. The van der Waals surface area contributed by atoms with Crippen LogP contribution in [0, 0.1) is 0 Å². The van der Waals surface area contributed by atoms with Crippen LogP contribution < -0.4 is 23.5 Å². The van der Waals surface area contributed by atoms with Crippen molar-refractivity contribution in [3.05, 3.63) is 90.5 Å². The van der Waals surface area contributed by atoms with Crippen LogP contribution in [0.15, 0.2) is 84.9 Å². The molecule has 210 valence electrons. The number of fused-ring (bicyclic) bond motifs is 2. The van der Waals surface area contributed by atoms with Gasteiger partial charge in [0.1, 0.15) is 29.1 Å². The predicted octanol–water partition coefficient (Wildman–Crippen LogP) is 7.29. The van der Waals surface area contributed by atoms with Gasteiger partial charge in [-0.25, -0.2) is 0 Å². The third-order valence-electron chi connectivity index (χ3n) is 8.20. The van der Waals surface area contributed by atoms with Crippen LogP contribution in [0.4, 0.5) is 0 Å². The lowest BCUT2D eigenvalue weighted by molar-refractivity contribution is -0.680. The number of nitrogens with zero attached hydrogens (tertiary/aromatic N) is 1. The Morgan fingerprint density at radius 3 is 1.68 bits per heavy atom. The number of aromatic nitrogens is 1. The summed E-state index contributed by atoms with van der Waals surface area (Å²) in [5.74, 6) is 2.97. The number of methoxy groups -OCH3 is 4. The Morgan fingerprint density at radius 1 is 0.585 bits per heavy atom. The standard InChI is InChI=1S/C35H36NO5/c1-37-28-18-9-15-25-32(28)35(34-30(39-3)20-11-21-31(34)40-4)33-26(16-10-19-29(33)38-2)36(25)24-14-8-17-27(24)41-22-23-12-6-5-7-13-23/h5-7,9-13,15-16,18-21,24,27H,8,14,17,22H2,1-4H3/q+1/t24-,27-/m0/s1. The van der Waals surface area contributed by atoms with E-state index in [1.807, 2.05) is 36.4 Å². The average molecular weight is 551 g/mol. The summed E-state index contributed by atoms with van der Waals surface area (Å²) in [7, 11) is 6.81. The third-order valence-corrected chi connectivity index (χ3v) is 8.20. The molecule has 1 aromatic heterocycles. The molecule has 1 heterocycles. The van der Waals surface area contributed by atoms with Crippen LogP contribution in [0.5, 0.6) is 23.0 Å². The van der Waals surface area contributed by atoms with E-state index in [0.717, 1.165) is 63.7 Å². The van der Waals surface area contributed by atoms with E-state index in [-0.39, 0.29) is 12.1 Å². The van der Waals surface area contributed by atoms with E-state index in [4.69, 9.17) is 23.7 Å². The lowest BCUT2D eigenvalue weighted by atomic mass is 9.92. The van der Waals surface area contributed by atoms with Crippen molar-refractivity contribution in [3.63, 3.8) is 0 Å². The summed E-state index contributed by atoms with van der Waals surface area (Å²) < 4.78 is 33.0. The van der Waals surface area contributed by atoms with Gasteiger partial charge in [0.25, 0.3) is 0 Å². The molecule has 2 atom stereocenters. The number of rotatable bonds is 9. The Hall–Kier alpha value is -4.29. The molecule has 4 aromatic carbocycles. The molecule has 0 radical (unpaired) electrons. The van der Waals surface area contributed by atoms with Crippen molar-refractivity contribution in [1.82, 2.24) is 0 Å². The molecule has 6 rings (SSSR count). The topological polar surface area (TPSA) is 50.0 Å². The van der Waals surface area contributed by atoms with Gasteiger partial charge in [0.15, 0.2) is 6.04 Å². The molecule has 1 aliphatic carbocycles. The maximum absolute atomic E-state index is 6.63. The molecule has 41 heavy (non-hydrogen) atoms. The first kappa shape index (κ1) is 26.9. The minimum atomic E-state index is 0.0654. The van der Waals surface area contributed by atoms with Crippen LogP contribution in [-0.4, -0.2) is 34.5 Å². The Labute approximate surface area is 241 Å². The molecule has 1 saturated carbocycles. The molecule has 0 amide bonds. The summed E-state index contributed by atoms with van der Waals surface area (Å²) in [6.45, 7) is 0.585. The molecule has 1 fully saturated rings. The highest BCUT2D eigenvalue weighted by Gasteiger charge is 2.40. The predicted molar refractivity (Wildman–Crippen MR) is 161 cm³/mol. The Balaban J connectivity index is 1.67. The second-order valence-corrected chi connectivity index (χ2v) is 10.3. The largest absolute Gasteiger partial charge is 0.496 e. The van der Waals surface area contributed by atoms with Gasteiger partial charge in [-0.15, -0.1) is 0 Å². The Bertz CT molecular complexity index is 1600. The van der Waals surface area contributed by atoms with Crippen LogP contribution in [0.2, 0.25) is 0 Å². The van der Waals surface area contributed by atoms with Crippen molar-refractivity contribution in [2.24, 2.45) is 0 Å². The van der Waals surface area contributed by atoms with E-state index in [2.05, 4.69) is 53.1 Å². The average Bonchev–Trinajstić information content (AvgIpc) is 3.50. The molecule has 0 saturated heterocycles. The van der Waals surface area contributed by atoms with E-state index in [0.29, 0.717) is 18.1 Å². The molecule has 0 N–H and O–H groups in total. The highest BCUT2D eigenvalue weighted by atomic mass is 16.5. The monoisotopic (exact) mass is 550 g/mol. The minimum Gasteiger partial charge on any atom is -0.496 e. The normalized spacial score (nSPS) is 16.7. The van der Waals surface area contributed by atoms with Crippen molar-refractivity contribution < 1.29 is 28.3 Å². The maximum atomic E-state index is 6.63. The number of hydrogen-bond acceptors (Lipinski definition) is 5. The van der Waals surface area contributed by atoms with Gasteiger partial charge in [-0.1, -0.05) is 48.5 Å². The minimum absolute atomic E-state index is 0.0654. The van der Waals surface area contributed by atoms with E-state index < -0.39 is 0 Å². The van der Waals surface area contributed by atoms with Crippen LogP contribution in [0.25, 0.3) is 32.9 Å². The Kier molecular flexibility index (Phi) is 7.66. The summed E-state index contributed by atoms with van der Waals surface area (Å²) >= 11 is 0. The molecular formula is C35H36NO5+. The molecule has 1 aliphatic rings. The fourth-order valence-electron chi connectivity index (χ4n) is 6.42. The quantitative estimate of drug-likeness (QED) is 0.142. The van der Waals surface area contributed by atoms with Crippen LogP contribution in [0.3, 0.4) is 0 Å². The summed E-state index contributed by atoms with van der Waals surface area (Å²) in [5, 5.41) is 1.95. The summed E-state index contributed by atoms with van der Waals surface area (Å²) in [6, 6.07) is 28.9. The Morgan fingerprint density at radius 2 is 1.12 bits per heavy atom. The second kappa shape index (κ2) is 11.7. The van der Waals surface area contributed by atoms with E-state index >= 15 is 0 Å². The van der Waals surface area contributed by atoms with Crippen molar-refractivity contribution in [3.8, 4) is 34.1 Å². The highest BCUT2D eigenvalue weighted by molar-refractivity contribution is 6.13. The number of ether oxygens (including phenoxy) is 5. The molecule has 6 heteroatoms. The first-order valence-electron chi connectivity index (χ1n) is 14.1. The van der Waals surface area contributed by atoms with Gasteiger partial charge >= 0.3 is 0 Å². The van der Waals surface area contributed by atoms with Crippen molar-refractivity contribution in [1.29, 1.82) is 0 Å². The molecule has 0 spiro atoms. The first-order chi connectivity index (χ1) is 20.2. The van der Waals surface area contributed by atoms with Gasteiger partial charge in [0, 0.05) is 24.1 Å². The van der Waals surface area contributed by atoms with Gasteiger partial charge in [-0.3, -0.25) is 0 Å². The lowest BCUT2D eigenvalue weighted by Gasteiger charge is -2.23. The molecule has 0 bridgehead atoms. The van der Waals surface area contributed by atoms with Gasteiger partial charge in [-0.2, -0.15) is 4.57 Å². The molecular weight excluding hydrogens is 514 g/mol. The van der Waals surface area contributed by atoms with E-state index in [1.54, 1.807) is 28.4 Å².